The molecule has 0 N–H and O–H groups in total. The molecule has 0 radical (unpaired) electrons. The predicted molar refractivity (Wildman–Crippen MR) is 92.4 cm³/mol. The molecule has 2 aliphatic rings. The van der Waals surface area contributed by atoms with Gasteiger partial charge in [-0.1, -0.05) is 12.1 Å². The van der Waals surface area contributed by atoms with Gasteiger partial charge in [0.15, 0.2) is 0 Å². The van der Waals surface area contributed by atoms with E-state index in [4.69, 9.17) is 0 Å². The zero-order valence-electron chi connectivity index (χ0n) is 14.4. The summed E-state index contributed by atoms with van der Waals surface area (Å²) in [6.45, 7) is 1.85. The van der Waals surface area contributed by atoms with Crippen molar-refractivity contribution in [3.8, 4) is 0 Å². The van der Waals surface area contributed by atoms with Crippen LogP contribution in [0, 0.1) is 10.1 Å². The Labute approximate surface area is 150 Å². The lowest BCUT2D eigenvalue weighted by atomic mass is 10.0. The number of hydrogen-bond acceptors (Lipinski definition) is 5. The van der Waals surface area contributed by atoms with Crippen molar-refractivity contribution >= 4 is 23.4 Å². The maximum atomic E-state index is 12.7. The molecule has 1 aromatic carbocycles. The first-order chi connectivity index (χ1) is 12.5. The number of nitrogens with zero attached hydrogens (tertiary/aromatic N) is 3. The zero-order chi connectivity index (χ0) is 18.8. The van der Waals surface area contributed by atoms with E-state index in [1.54, 1.807) is 4.90 Å². The number of carbonyl (C=O) groups is 3. The van der Waals surface area contributed by atoms with E-state index in [9.17, 15) is 24.5 Å². The fraction of sp³-hybridized carbons (Fsp3) is 0.389. The van der Waals surface area contributed by atoms with Crippen molar-refractivity contribution in [3.63, 3.8) is 0 Å². The van der Waals surface area contributed by atoms with Gasteiger partial charge in [-0.3, -0.25) is 29.4 Å². The van der Waals surface area contributed by atoms with Gasteiger partial charge >= 0.3 is 0 Å². The number of fused-ring (bicyclic) bond motifs is 1. The second-order valence-corrected chi connectivity index (χ2v) is 6.23. The van der Waals surface area contributed by atoms with Gasteiger partial charge in [-0.2, -0.15) is 0 Å². The predicted octanol–water partition coefficient (Wildman–Crippen LogP) is 2.50. The Balaban J connectivity index is 1.84. The second kappa shape index (κ2) is 7.07. The first kappa shape index (κ1) is 17.8. The lowest BCUT2D eigenvalue weighted by Crippen LogP contribution is -2.42. The lowest BCUT2D eigenvalue weighted by molar-refractivity contribution is -0.385. The van der Waals surface area contributed by atoms with E-state index in [0.717, 1.165) is 36.3 Å². The average Bonchev–Trinajstić information content (AvgIpc) is 2.88. The first-order valence-corrected chi connectivity index (χ1v) is 8.58. The molecule has 0 saturated heterocycles. The van der Waals surface area contributed by atoms with Crippen LogP contribution in [0.3, 0.4) is 0 Å². The maximum Gasteiger partial charge on any atom is 0.282 e. The molecule has 0 bridgehead atoms. The summed E-state index contributed by atoms with van der Waals surface area (Å²) < 4.78 is 0. The van der Waals surface area contributed by atoms with Gasteiger partial charge < -0.3 is 4.90 Å². The molecule has 1 aliphatic carbocycles. The summed E-state index contributed by atoms with van der Waals surface area (Å²) in [6.07, 6.45) is 5.77. The molecule has 136 valence electrons. The SMILES string of the molecule is CCN(C(=O)CN1C(=O)c2cccc([N+](=O)[O-])c2C1=O)C1=CCCCC1. The number of benzene rings is 1. The van der Waals surface area contributed by atoms with Crippen molar-refractivity contribution in [2.24, 2.45) is 0 Å². The minimum atomic E-state index is -0.792. The quantitative estimate of drug-likeness (QED) is 0.458. The number of hydrogen-bond donors (Lipinski definition) is 0. The number of likely N-dealkylation sites (N-methyl/N-ethyl adjacent to an activating group) is 1. The molecule has 0 atom stereocenters. The molecule has 1 aromatic rings. The number of imide groups is 1. The van der Waals surface area contributed by atoms with Crippen LogP contribution in [0.15, 0.2) is 30.0 Å². The molecule has 3 amide bonds. The number of rotatable bonds is 5. The highest BCUT2D eigenvalue weighted by Crippen LogP contribution is 2.31. The Morgan fingerprint density at radius 1 is 1.27 bits per heavy atom. The van der Waals surface area contributed by atoms with Gasteiger partial charge in [0.2, 0.25) is 5.91 Å². The van der Waals surface area contributed by atoms with E-state index in [1.165, 1.54) is 18.2 Å². The highest BCUT2D eigenvalue weighted by atomic mass is 16.6. The molecule has 3 rings (SSSR count). The Morgan fingerprint density at radius 2 is 2.04 bits per heavy atom. The highest BCUT2D eigenvalue weighted by molar-refractivity contribution is 6.24. The van der Waals surface area contributed by atoms with Crippen LogP contribution < -0.4 is 0 Å². The van der Waals surface area contributed by atoms with Crippen LogP contribution in [0.5, 0.6) is 0 Å². The van der Waals surface area contributed by atoms with Crippen molar-refractivity contribution in [2.75, 3.05) is 13.1 Å². The highest BCUT2D eigenvalue weighted by Gasteiger charge is 2.42. The molecular weight excluding hydrogens is 338 g/mol. The molecule has 0 spiro atoms. The van der Waals surface area contributed by atoms with Crippen LogP contribution in [0.4, 0.5) is 5.69 Å². The van der Waals surface area contributed by atoms with E-state index in [2.05, 4.69) is 0 Å². The maximum absolute atomic E-state index is 12.7. The van der Waals surface area contributed by atoms with Crippen molar-refractivity contribution < 1.29 is 19.3 Å². The Kier molecular flexibility index (Phi) is 4.83. The fourth-order valence-corrected chi connectivity index (χ4v) is 3.44. The van der Waals surface area contributed by atoms with Crippen LogP contribution in [-0.4, -0.2) is 45.5 Å². The first-order valence-electron chi connectivity index (χ1n) is 8.58. The number of nitro benzene ring substituents is 1. The summed E-state index contributed by atoms with van der Waals surface area (Å²) in [5.41, 5.74) is 0.219. The van der Waals surface area contributed by atoms with Crippen molar-refractivity contribution in [2.45, 2.75) is 32.6 Å². The van der Waals surface area contributed by atoms with Crippen molar-refractivity contribution in [1.29, 1.82) is 0 Å². The van der Waals surface area contributed by atoms with Gasteiger partial charge in [-0.15, -0.1) is 0 Å². The van der Waals surface area contributed by atoms with Crippen molar-refractivity contribution in [1.82, 2.24) is 9.80 Å². The standard InChI is InChI=1S/C18H19N3O5/c1-2-19(12-7-4-3-5-8-12)15(22)11-20-17(23)13-9-6-10-14(21(25)26)16(13)18(20)24/h6-7,9-10H,2-5,8,11H2,1H3. The summed E-state index contributed by atoms with van der Waals surface area (Å²) in [5, 5.41) is 11.1. The van der Waals surface area contributed by atoms with Crippen LogP contribution in [0.1, 0.15) is 53.3 Å². The summed E-state index contributed by atoms with van der Waals surface area (Å²) in [6, 6.07) is 3.91. The fourth-order valence-electron chi connectivity index (χ4n) is 3.44. The molecule has 0 fully saturated rings. The van der Waals surface area contributed by atoms with Crippen molar-refractivity contribution in [3.05, 3.63) is 51.2 Å². The second-order valence-electron chi connectivity index (χ2n) is 6.23. The minimum absolute atomic E-state index is 0.0306. The molecule has 0 unspecified atom stereocenters. The summed E-state index contributed by atoms with van der Waals surface area (Å²) >= 11 is 0. The largest absolute Gasteiger partial charge is 0.315 e. The molecule has 1 heterocycles. The smallest absolute Gasteiger partial charge is 0.282 e. The van der Waals surface area contributed by atoms with E-state index >= 15 is 0 Å². The third-order valence-electron chi connectivity index (χ3n) is 4.70. The normalized spacial score (nSPS) is 16.3. The van der Waals surface area contributed by atoms with E-state index in [0.29, 0.717) is 6.54 Å². The van der Waals surface area contributed by atoms with E-state index < -0.39 is 29.0 Å². The number of allylic oxidation sites excluding steroid dienone is 2. The molecule has 1 aliphatic heterocycles. The number of nitro groups is 1. The molecule has 26 heavy (non-hydrogen) atoms. The van der Waals surface area contributed by atoms with Gasteiger partial charge in [0.1, 0.15) is 12.1 Å². The summed E-state index contributed by atoms with van der Waals surface area (Å²) in [4.78, 5) is 50.6. The molecular formula is C18H19N3O5. The summed E-state index contributed by atoms with van der Waals surface area (Å²) in [7, 11) is 0. The topological polar surface area (TPSA) is 101 Å². The van der Waals surface area contributed by atoms with Crippen LogP contribution >= 0.6 is 0 Å². The van der Waals surface area contributed by atoms with Gasteiger partial charge in [0, 0.05) is 18.3 Å². The Hall–Kier alpha value is -3.03. The Bertz CT molecular complexity index is 830. The number of amides is 3. The molecule has 0 saturated carbocycles. The third kappa shape index (κ3) is 2.98. The van der Waals surface area contributed by atoms with Crippen LogP contribution in [-0.2, 0) is 4.79 Å². The Morgan fingerprint density at radius 3 is 2.65 bits per heavy atom. The average molecular weight is 357 g/mol. The zero-order valence-corrected chi connectivity index (χ0v) is 14.4. The lowest BCUT2D eigenvalue weighted by Gasteiger charge is -2.28. The van der Waals surface area contributed by atoms with E-state index in [-0.39, 0.29) is 17.0 Å². The van der Waals surface area contributed by atoms with Crippen LogP contribution in [0.25, 0.3) is 0 Å². The van der Waals surface area contributed by atoms with Gasteiger partial charge in [0.25, 0.3) is 17.5 Å². The van der Waals surface area contributed by atoms with Gasteiger partial charge in [-0.05, 0) is 38.7 Å². The summed E-state index contributed by atoms with van der Waals surface area (Å²) in [5.74, 6) is -1.83. The molecule has 8 heteroatoms. The number of carbonyl (C=O) groups excluding carboxylic acids is 3. The van der Waals surface area contributed by atoms with E-state index in [1.807, 2.05) is 13.0 Å². The monoisotopic (exact) mass is 357 g/mol. The molecule has 0 aromatic heterocycles. The third-order valence-corrected chi connectivity index (χ3v) is 4.70. The minimum Gasteiger partial charge on any atom is -0.315 e. The van der Waals surface area contributed by atoms with Crippen LogP contribution in [0.2, 0.25) is 0 Å². The molecule has 8 nitrogen and oxygen atoms in total. The van der Waals surface area contributed by atoms with Gasteiger partial charge in [0.05, 0.1) is 10.5 Å². The van der Waals surface area contributed by atoms with Gasteiger partial charge in [-0.25, -0.2) is 0 Å².